The lowest BCUT2D eigenvalue weighted by Gasteiger charge is -2.42. The SMILES string of the molecule is O=C(NCCCn1ncc2ccc([N+](=O)[O-])cc21)N1C(=O)C(Cl)C1c1ccccc1Cl. The number of hydrogen-bond acceptors (Lipinski definition) is 5. The van der Waals surface area contributed by atoms with Crippen LogP contribution in [0.25, 0.3) is 10.9 Å². The van der Waals surface area contributed by atoms with Crippen molar-refractivity contribution in [2.24, 2.45) is 0 Å². The molecule has 3 aromatic rings. The maximum absolute atomic E-state index is 12.6. The van der Waals surface area contributed by atoms with Crippen molar-refractivity contribution in [1.82, 2.24) is 20.0 Å². The molecule has 1 N–H and O–H groups in total. The highest BCUT2D eigenvalue weighted by atomic mass is 35.5. The molecule has 3 amide bonds. The Balaban J connectivity index is 1.37. The molecule has 0 spiro atoms. The number of alkyl halides is 1. The van der Waals surface area contributed by atoms with Crippen molar-refractivity contribution in [2.75, 3.05) is 6.54 Å². The van der Waals surface area contributed by atoms with Crippen molar-refractivity contribution in [3.8, 4) is 0 Å². The molecule has 9 nitrogen and oxygen atoms in total. The standard InChI is InChI=1S/C20H17Cl2N5O4/c21-15-5-2-1-4-14(15)18-17(22)19(28)26(18)20(29)23-8-3-9-25-16-10-13(27(30)31)7-6-12(16)11-24-25/h1-2,4-7,10-11,17-18H,3,8-9H2,(H,23,29). The van der Waals surface area contributed by atoms with Gasteiger partial charge in [-0.05, 0) is 24.1 Å². The van der Waals surface area contributed by atoms with Gasteiger partial charge in [-0.25, -0.2) is 4.79 Å². The Morgan fingerprint density at radius 2 is 2.03 bits per heavy atom. The van der Waals surface area contributed by atoms with Gasteiger partial charge in [0.2, 0.25) is 0 Å². The van der Waals surface area contributed by atoms with E-state index in [1.165, 1.54) is 12.1 Å². The Kier molecular flexibility index (Phi) is 5.79. The van der Waals surface area contributed by atoms with E-state index in [0.717, 1.165) is 10.3 Å². The fourth-order valence-electron chi connectivity index (χ4n) is 3.55. The predicted molar refractivity (Wildman–Crippen MR) is 115 cm³/mol. The van der Waals surface area contributed by atoms with Crippen LogP contribution in [0.4, 0.5) is 10.5 Å². The van der Waals surface area contributed by atoms with E-state index >= 15 is 0 Å². The van der Waals surface area contributed by atoms with E-state index in [4.69, 9.17) is 23.2 Å². The molecule has 2 unspecified atom stereocenters. The van der Waals surface area contributed by atoms with Crippen LogP contribution in [0.15, 0.2) is 48.7 Å². The Morgan fingerprint density at radius 3 is 2.77 bits per heavy atom. The second-order valence-corrected chi connectivity index (χ2v) is 7.91. The Bertz CT molecular complexity index is 1180. The Morgan fingerprint density at radius 1 is 1.26 bits per heavy atom. The normalized spacial score (nSPS) is 18.1. The van der Waals surface area contributed by atoms with Crippen molar-refractivity contribution >= 4 is 51.7 Å². The molecule has 4 rings (SSSR count). The first-order chi connectivity index (χ1) is 14.9. The fourth-order valence-corrected chi connectivity index (χ4v) is 4.15. The number of imide groups is 1. The smallest absolute Gasteiger partial charge is 0.324 e. The largest absolute Gasteiger partial charge is 0.338 e. The average molecular weight is 462 g/mol. The van der Waals surface area contributed by atoms with Crippen LogP contribution in [-0.4, -0.2) is 43.5 Å². The van der Waals surface area contributed by atoms with Gasteiger partial charge in [0.25, 0.3) is 11.6 Å². The van der Waals surface area contributed by atoms with E-state index in [9.17, 15) is 19.7 Å². The molecule has 1 aliphatic heterocycles. The third kappa shape index (κ3) is 3.94. The van der Waals surface area contributed by atoms with Crippen LogP contribution < -0.4 is 5.32 Å². The third-order valence-corrected chi connectivity index (χ3v) is 5.90. The van der Waals surface area contributed by atoms with Crippen molar-refractivity contribution in [1.29, 1.82) is 0 Å². The van der Waals surface area contributed by atoms with Gasteiger partial charge in [-0.1, -0.05) is 29.8 Å². The number of carbonyl (C=O) groups is 2. The number of urea groups is 1. The highest BCUT2D eigenvalue weighted by molar-refractivity contribution is 6.36. The van der Waals surface area contributed by atoms with E-state index in [2.05, 4.69) is 10.4 Å². The number of non-ortho nitro benzene ring substituents is 1. The predicted octanol–water partition coefficient (Wildman–Crippen LogP) is 3.89. The zero-order valence-electron chi connectivity index (χ0n) is 16.1. The minimum atomic E-state index is -0.850. The average Bonchev–Trinajstić information content (AvgIpc) is 3.17. The topological polar surface area (TPSA) is 110 Å². The van der Waals surface area contributed by atoms with Gasteiger partial charge in [0.15, 0.2) is 0 Å². The molecule has 160 valence electrons. The van der Waals surface area contributed by atoms with Crippen LogP contribution >= 0.6 is 23.2 Å². The molecule has 2 atom stereocenters. The number of aryl methyl sites for hydroxylation is 1. The maximum Gasteiger partial charge on any atom is 0.324 e. The summed E-state index contributed by atoms with van der Waals surface area (Å²) in [5.74, 6) is -0.477. The van der Waals surface area contributed by atoms with Gasteiger partial charge >= 0.3 is 6.03 Å². The maximum atomic E-state index is 12.6. The number of carbonyl (C=O) groups excluding carboxylic acids is 2. The van der Waals surface area contributed by atoms with Crippen LogP contribution in [0.2, 0.25) is 5.02 Å². The second-order valence-electron chi connectivity index (χ2n) is 7.03. The van der Waals surface area contributed by atoms with Gasteiger partial charge in [-0.3, -0.25) is 24.5 Å². The van der Waals surface area contributed by atoms with Crippen molar-refractivity contribution in [3.63, 3.8) is 0 Å². The number of aromatic nitrogens is 2. The molecule has 11 heteroatoms. The third-order valence-electron chi connectivity index (χ3n) is 5.13. The lowest BCUT2D eigenvalue weighted by atomic mass is 9.93. The summed E-state index contributed by atoms with van der Waals surface area (Å²) in [6.07, 6.45) is 2.14. The molecule has 2 aromatic carbocycles. The molecule has 0 saturated carbocycles. The van der Waals surface area contributed by atoms with Gasteiger partial charge in [0, 0.05) is 35.6 Å². The summed E-state index contributed by atoms with van der Waals surface area (Å²) in [5, 5.41) is 18.3. The molecule has 1 aromatic heterocycles. The number of β-lactam (4-membered cyclic amide) rings is 1. The minimum absolute atomic E-state index is 0.0138. The van der Waals surface area contributed by atoms with E-state index in [1.54, 1.807) is 41.2 Å². The quantitative estimate of drug-likeness (QED) is 0.197. The number of nitrogens with zero attached hydrogens (tertiary/aromatic N) is 4. The molecular formula is C20H17Cl2N5O4. The lowest BCUT2D eigenvalue weighted by Crippen LogP contribution is -2.61. The van der Waals surface area contributed by atoms with Gasteiger partial charge in [-0.2, -0.15) is 5.10 Å². The first-order valence-electron chi connectivity index (χ1n) is 9.48. The highest BCUT2D eigenvalue weighted by Gasteiger charge is 2.51. The van der Waals surface area contributed by atoms with Gasteiger partial charge in [0.1, 0.15) is 5.38 Å². The lowest BCUT2D eigenvalue weighted by molar-refractivity contribution is -0.384. The van der Waals surface area contributed by atoms with E-state index in [1.807, 2.05) is 0 Å². The summed E-state index contributed by atoms with van der Waals surface area (Å²) in [5.41, 5.74) is 1.24. The molecule has 1 aliphatic rings. The molecular weight excluding hydrogens is 445 g/mol. The fraction of sp³-hybridized carbons (Fsp3) is 0.250. The van der Waals surface area contributed by atoms with Crippen LogP contribution in [0.5, 0.6) is 0 Å². The first-order valence-corrected chi connectivity index (χ1v) is 10.3. The first kappa shape index (κ1) is 21.1. The highest BCUT2D eigenvalue weighted by Crippen LogP contribution is 2.41. The van der Waals surface area contributed by atoms with Crippen molar-refractivity contribution < 1.29 is 14.5 Å². The van der Waals surface area contributed by atoms with E-state index in [0.29, 0.717) is 29.1 Å². The molecule has 1 fully saturated rings. The number of rotatable bonds is 6. The van der Waals surface area contributed by atoms with Crippen molar-refractivity contribution in [2.45, 2.75) is 24.4 Å². The van der Waals surface area contributed by atoms with Crippen molar-refractivity contribution in [3.05, 3.63) is 69.4 Å². The number of nitro benzene ring substituents is 1. The number of hydrogen-bond donors (Lipinski definition) is 1. The molecule has 2 heterocycles. The number of nitro groups is 1. The molecule has 0 radical (unpaired) electrons. The summed E-state index contributed by atoms with van der Waals surface area (Å²) in [7, 11) is 0. The summed E-state index contributed by atoms with van der Waals surface area (Å²) >= 11 is 12.3. The van der Waals surface area contributed by atoms with E-state index < -0.39 is 28.3 Å². The molecule has 0 bridgehead atoms. The Hall–Kier alpha value is -3.17. The van der Waals surface area contributed by atoms with E-state index in [-0.39, 0.29) is 12.2 Å². The van der Waals surface area contributed by atoms with Crippen LogP contribution in [-0.2, 0) is 11.3 Å². The zero-order valence-corrected chi connectivity index (χ0v) is 17.6. The summed E-state index contributed by atoms with van der Waals surface area (Å²) < 4.78 is 1.64. The number of likely N-dealkylation sites (tertiary alicyclic amines) is 1. The number of nitrogens with one attached hydrogen (secondary N) is 1. The summed E-state index contributed by atoms with van der Waals surface area (Å²) in [6.45, 7) is 0.714. The summed E-state index contributed by atoms with van der Waals surface area (Å²) in [4.78, 5) is 36.3. The van der Waals surface area contributed by atoms with Crippen LogP contribution in [0.3, 0.4) is 0 Å². The molecule has 1 saturated heterocycles. The van der Waals surface area contributed by atoms with Crippen LogP contribution in [0, 0.1) is 10.1 Å². The number of amides is 3. The van der Waals surface area contributed by atoms with Gasteiger partial charge in [0.05, 0.1) is 22.7 Å². The zero-order chi connectivity index (χ0) is 22.1. The number of benzene rings is 2. The minimum Gasteiger partial charge on any atom is -0.338 e. The molecule has 31 heavy (non-hydrogen) atoms. The second kappa shape index (κ2) is 8.52. The molecule has 0 aliphatic carbocycles. The van der Waals surface area contributed by atoms with Crippen LogP contribution in [0.1, 0.15) is 18.0 Å². The summed E-state index contributed by atoms with van der Waals surface area (Å²) in [6, 6.07) is 10.3. The van der Waals surface area contributed by atoms with Gasteiger partial charge in [-0.15, -0.1) is 11.6 Å². The number of halogens is 2. The van der Waals surface area contributed by atoms with Gasteiger partial charge < -0.3 is 5.32 Å². The Labute approximate surface area is 186 Å². The number of fused-ring (bicyclic) bond motifs is 1. The monoisotopic (exact) mass is 461 g/mol.